The number of rotatable bonds is 3. The molecule has 3 heteroatoms. The standard InChI is InChI=1S/C5H9O2S/c1-2-3-4-7-5(6)8/h2-4H2,1H3. The quantitative estimate of drug-likeness (QED) is 0.435. The van der Waals surface area contributed by atoms with Crippen molar-refractivity contribution >= 4 is 17.9 Å². The van der Waals surface area contributed by atoms with Gasteiger partial charge >= 0.3 is 5.30 Å². The van der Waals surface area contributed by atoms with E-state index in [1.54, 1.807) is 0 Å². The molecule has 0 heterocycles. The Balaban J connectivity index is 2.82. The van der Waals surface area contributed by atoms with Crippen LogP contribution in [0.1, 0.15) is 19.8 Å². The van der Waals surface area contributed by atoms with Crippen molar-refractivity contribution in [1.82, 2.24) is 0 Å². The smallest absolute Gasteiger partial charge is 0.400 e. The Morgan fingerprint density at radius 3 is 2.75 bits per heavy atom. The van der Waals surface area contributed by atoms with Crippen LogP contribution in [0.5, 0.6) is 0 Å². The fourth-order valence-electron chi connectivity index (χ4n) is 0.300. The SMILES string of the molecule is CCCCOC(=O)[S]. The van der Waals surface area contributed by atoms with Crippen LogP contribution in [0.3, 0.4) is 0 Å². The molecule has 0 fully saturated rings. The number of carbonyl (C=O) groups is 1. The summed E-state index contributed by atoms with van der Waals surface area (Å²) in [6.07, 6.45) is 1.94. The van der Waals surface area contributed by atoms with Crippen LogP contribution in [0.4, 0.5) is 4.79 Å². The van der Waals surface area contributed by atoms with Gasteiger partial charge in [-0.25, -0.2) is 4.79 Å². The third-order valence-electron chi connectivity index (χ3n) is 0.718. The first-order chi connectivity index (χ1) is 3.77. The molecule has 0 aromatic carbocycles. The van der Waals surface area contributed by atoms with Crippen molar-refractivity contribution in [3.63, 3.8) is 0 Å². The van der Waals surface area contributed by atoms with Gasteiger partial charge in [0.2, 0.25) is 0 Å². The van der Waals surface area contributed by atoms with E-state index in [2.05, 4.69) is 17.4 Å². The summed E-state index contributed by atoms with van der Waals surface area (Å²) in [6, 6.07) is 0. The molecule has 0 aromatic rings. The van der Waals surface area contributed by atoms with Gasteiger partial charge in [-0.05, 0) is 6.42 Å². The highest BCUT2D eigenvalue weighted by atomic mass is 32.1. The molecule has 0 amide bonds. The van der Waals surface area contributed by atoms with Crippen LogP contribution in [-0.2, 0) is 4.74 Å². The fraction of sp³-hybridized carbons (Fsp3) is 0.800. The first kappa shape index (κ1) is 7.69. The Hall–Kier alpha value is -0.310. The fourth-order valence-corrected chi connectivity index (χ4v) is 0.383. The summed E-state index contributed by atoms with van der Waals surface area (Å²) in [4.78, 5) is 9.91. The summed E-state index contributed by atoms with van der Waals surface area (Å²) in [5.41, 5.74) is 0. The molecule has 0 bridgehead atoms. The Bertz CT molecular complexity index is 72.8. The summed E-state index contributed by atoms with van der Waals surface area (Å²) in [5.74, 6) is 0. The largest absolute Gasteiger partial charge is 0.454 e. The molecular weight excluding hydrogens is 124 g/mol. The van der Waals surface area contributed by atoms with Gasteiger partial charge in [-0.15, -0.1) is 0 Å². The van der Waals surface area contributed by atoms with Crippen molar-refractivity contribution in [1.29, 1.82) is 0 Å². The Morgan fingerprint density at radius 1 is 1.75 bits per heavy atom. The van der Waals surface area contributed by atoms with Gasteiger partial charge in [0.1, 0.15) is 0 Å². The minimum atomic E-state index is -0.599. The molecule has 8 heavy (non-hydrogen) atoms. The first-order valence-corrected chi connectivity index (χ1v) is 3.02. The van der Waals surface area contributed by atoms with Gasteiger partial charge in [0, 0.05) is 12.6 Å². The number of hydrogen-bond acceptors (Lipinski definition) is 2. The lowest BCUT2D eigenvalue weighted by Crippen LogP contribution is -1.94. The maximum Gasteiger partial charge on any atom is 0.400 e. The lowest BCUT2D eigenvalue weighted by atomic mass is 10.4. The normalized spacial score (nSPS) is 8.62. The van der Waals surface area contributed by atoms with Gasteiger partial charge < -0.3 is 4.74 Å². The molecule has 0 aliphatic carbocycles. The molecular formula is C5H9O2S. The molecule has 0 atom stereocenters. The van der Waals surface area contributed by atoms with Crippen LogP contribution >= 0.6 is 12.6 Å². The van der Waals surface area contributed by atoms with Crippen LogP contribution in [0.2, 0.25) is 0 Å². The zero-order valence-corrected chi connectivity index (χ0v) is 5.66. The molecule has 0 unspecified atom stereocenters. The van der Waals surface area contributed by atoms with Gasteiger partial charge in [0.25, 0.3) is 0 Å². The van der Waals surface area contributed by atoms with Crippen molar-refractivity contribution in [3.8, 4) is 0 Å². The predicted molar refractivity (Wildman–Crippen MR) is 33.8 cm³/mol. The zero-order chi connectivity index (χ0) is 6.41. The van der Waals surface area contributed by atoms with E-state index in [1.165, 1.54) is 0 Å². The highest BCUT2D eigenvalue weighted by Gasteiger charge is 1.91. The monoisotopic (exact) mass is 133 g/mol. The lowest BCUT2D eigenvalue weighted by molar-refractivity contribution is 0.174. The van der Waals surface area contributed by atoms with Crippen LogP contribution < -0.4 is 0 Å². The number of hydrogen-bond donors (Lipinski definition) is 0. The molecule has 0 saturated carbocycles. The lowest BCUT2D eigenvalue weighted by Gasteiger charge is -1.94. The van der Waals surface area contributed by atoms with Crippen LogP contribution in [-0.4, -0.2) is 11.9 Å². The molecule has 0 aliphatic heterocycles. The first-order valence-electron chi connectivity index (χ1n) is 2.61. The highest BCUT2D eigenvalue weighted by molar-refractivity contribution is 7.96. The van der Waals surface area contributed by atoms with Crippen LogP contribution in [0, 0.1) is 0 Å². The van der Waals surface area contributed by atoms with E-state index in [0.717, 1.165) is 12.8 Å². The number of unbranched alkanes of at least 4 members (excludes halogenated alkanes) is 1. The Kier molecular flexibility index (Phi) is 4.65. The average molecular weight is 133 g/mol. The van der Waals surface area contributed by atoms with Gasteiger partial charge in [-0.2, -0.15) is 0 Å². The molecule has 0 rings (SSSR count). The van der Waals surface area contributed by atoms with E-state index in [9.17, 15) is 4.79 Å². The highest BCUT2D eigenvalue weighted by Crippen LogP contribution is 1.90. The van der Waals surface area contributed by atoms with Crippen molar-refractivity contribution in [3.05, 3.63) is 0 Å². The summed E-state index contributed by atoms with van der Waals surface area (Å²) < 4.78 is 4.46. The average Bonchev–Trinajstić information content (AvgIpc) is 1.66. The third-order valence-corrected chi connectivity index (χ3v) is 0.836. The van der Waals surface area contributed by atoms with Gasteiger partial charge in [-0.3, -0.25) is 0 Å². The maximum atomic E-state index is 9.91. The second-order valence-corrected chi connectivity index (χ2v) is 1.79. The Labute approximate surface area is 54.6 Å². The van der Waals surface area contributed by atoms with E-state index >= 15 is 0 Å². The summed E-state index contributed by atoms with van der Waals surface area (Å²) in [6.45, 7) is 2.50. The van der Waals surface area contributed by atoms with Crippen molar-refractivity contribution in [2.24, 2.45) is 0 Å². The second-order valence-electron chi connectivity index (χ2n) is 1.45. The topological polar surface area (TPSA) is 26.3 Å². The van der Waals surface area contributed by atoms with E-state index in [4.69, 9.17) is 0 Å². The van der Waals surface area contributed by atoms with E-state index in [0.29, 0.717) is 6.61 Å². The Morgan fingerprint density at radius 2 is 2.38 bits per heavy atom. The van der Waals surface area contributed by atoms with Crippen LogP contribution in [0.25, 0.3) is 0 Å². The van der Waals surface area contributed by atoms with E-state index < -0.39 is 5.30 Å². The molecule has 47 valence electrons. The minimum Gasteiger partial charge on any atom is -0.454 e. The minimum absolute atomic E-state index is 0.471. The molecule has 1 radical (unpaired) electrons. The molecule has 0 N–H and O–H groups in total. The molecule has 0 spiro atoms. The van der Waals surface area contributed by atoms with Crippen molar-refractivity contribution in [2.75, 3.05) is 6.61 Å². The number of ether oxygens (including phenoxy) is 1. The molecule has 0 aromatic heterocycles. The van der Waals surface area contributed by atoms with Crippen LogP contribution in [0.15, 0.2) is 0 Å². The molecule has 0 aliphatic rings. The summed E-state index contributed by atoms with van der Waals surface area (Å²) >= 11 is 4.13. The zero-order valence-electron chi connectivity index (χ0n) is 4.85. The molecule has 2 nitrogen and oxygen atoms in total. The third kappa shape index (κ3) is 5.69. The molecule has 0 saturated heterocycles. The van der Waals surface area contributed by atoms with Gasteiger partial charge in [0.05, 0.1) is 6.61 Å². The second kappa shape index (κ2) is 4.84. The van der Waals surface area contributed by atoms with Gasteiger partial charge in [0.15, 0.2) is 0 Å². The van der Waals surface area contributed by atoms with Crippen molar-refractivity contribution in [2.45, 2.75) is 19.8 Å². The number of carbonyl (C=O) groups excluding carboxylic acids is 1. The van der Waals surface area contributed by atoms with Crippen molar-refractivity contribution < 1.29 is 9.53 Å². The maximum absolute atomic E-state index is 9.91. The van der Waals surface area contributed by atoms with Gasteiger partial charge in [-0.1, -0.05) is 13.3 Å². The predicted octanol–water partition coefficient (Wildman–Crippen LogP) is 2.12. The van der Waals surface area contributed by atoms with E-state index in [-0.39, 0.29) is 0 Å². The summed E-state index contributed by atoms with van der Waals surface area (Å²) in [7, 11) is 0. The van der Waals surface area contributed by atoms with E-state index in [1.807, 2.05) is 6.92 Å². The summed E-state index contributed by atoms with van der Waals surface area (Å²) in [5, 5.41) is -0.599.